The molecule has 0 bridgehead atoms. The average molecular weight is 633 g/mol. The molecule has 232 valence electrons. The Morgan fingerprint density at radius 1 is 1.14 bits per heavy atom. The fourth-order valence-corrected chi connectivity index (χ4v) is 6.17. The Morgan fingerprint density at radius 2 is 1.82 bits per heavy atom. The third-order valence-corrected chi connectivity index (χ3v) is 8.16. The number of nitrogens with one attached hydrogen (secondary N) is 2. The van der Waals surface area contributed by atoms with Gasteiger partial charge in [-0.1, -0.05) is 0 Å². The average Bonchev–Trinajstić information content (AvgIpc) is 3.72. The van der Waals surface area contributed by atoms with Crippen LogP contribution in [0.15, 0.2) is 22.2 Å². The Bertz CT molecular complexity index is 1940. The van der Waals surface area contributed by atoms with Crippen molar-refractivity contribution in [2.45, 2.75) is 49.7 Å². The maximum absolute atomic E-state index is 12.9. The van der Waals surface area contributed by atoms with Crippen molar-refractivity contribution in [1.29, 1.82) is 5.26 Å². The van der Waals surface area contributed by atoms with E-state index in [1.54, 1.807) is 0 Å². The molecule has 9 N–H and O–H groups in total. The Balaban J connectivity index is 1.13. The van der Waals surface area contributed by atoms with Crippen molar-refractivity contribution in [1.82, 2.24) is 34.1 Å². The van der Waals surface area contributed by atoms with Crippen LogP contribution in [0, 0.1) is 11.2 Å². The molecule has 4 aromatic heterocycles. The number of nitrogen functional groups attached to an aromatic ring is 2. The Labute approximate surface area is 245 Å². The summed E-state index contributed by atoms with van der Waals surface area (Å²) in [6.45, 7) is -1.16. The maximum Gasteiger partial charge on any atom is 0.472 e. The summed E-state index contributed by atoms with van der Waals surface area (Å²) in [6, 6.07) is 0. The van der Waals surface area contributed by atoms with E-state index < -0.39 is 69.0 Å². The van der Waals surface area contributed by atoms with Crippen molar-refractivity contribution in [2.75, 3.05) is 24.7 Å². The lowest BCUT2D eigenvalue weighted by Crippen LogP contribution is -2.41. The number of ether oxygens (including phenoxy) is 2. The molecule has 0 aliphatic carbocycles. The summed E-state index contributed by atoms with van der Waals surface area (Å²) in [5, 5.41) is 29.6. The smallest absolute Gasteiger partial charge is 0.465 e. The van der Waals surface area contributed by atoms with Crippen molar-refractivity contribution in [3.8, 4) is 5.97 Å². The first-order valence-corrected chi connectivity index (χ1v) is 14.5. The number of phosphoric ester groups is 1. The quantitative estimate of drug-likeness (QED) is 0.0701. The second-order valence-electron chi connectivity index (χ2n) is 9.97. The van der Waals surface area contributed by atoms with E-state index in [0.717, 1.165) is 7.41 Å². The highest BCUT2D eigenvalue weighted by molar-refractivity contribution is 7.47. The lowest BCUT2D eigenvalue weighted by Gasteiger charge is -2.21. The summed E-state index contributed by atoms with van der Waals surface area (Å²) in [5.74, 6) is 1.48. The summed E-state index contributed by atoms with van der Waals surface area (Å²) < 4.78 is 39.0. The van der Waals surface area contributed by atoms with E-state index in [1.807, 2.05) is 5.97 Å². The summed E-state index contributed by atoms with van der Waals surface area (Å²) in [7, 11) is -3.75. The van der Waals surface area contributed by atoms with Gasteiger partial charge < -0.3 is 40.5 Å². The van der Waals surface area contributed by atoms with E-state index in [9.17, 15) is 29.3 Å². The maximum atomic E-state index is 12.9. The number of fused-ring (bicyclic) bond motifs is 2. The molecular weight excluding hydrogens is 608 g/mol. The zero-order chi connectivity index (χ0) is 31.3. The zero-order valence-electron chi connectivity index (χ0n) is 22.5. The minimum Gasteiger partial charge on any atom is -0.465 e. The molecule has 6 rings (SSSR count). The number of nitrogens with two attached hydrogens (primary N) is 2. The van der Waals surface area contributed by atoms with Gasteiger partial charge in [-0.25, -0.2) is 9.55 Å². The number of rotatable bonds is 9. The first-order valence-electron chi connectivity index (χ1n) is 13.0. The number of imidazole rings is 2. The van der Waals surface area contributed by atoms with Gasteiger partial charge in [-0.2, -0.15) is 20.5 Å². The number of hydrogen-bond donors (Lipinski definition) is 7. The van der Waals surface area contributed by atoms with Crippen molar-refractivity contribution >= 4 is 49.5 Å². The third-order valence-electron chi connectivity index (χ3n) is 7.15. The standard InChI is InChI=1S/C21H24BN11O10P/c23-5-22-33-7-32(17-15(33)19(37)30-21(25)28-17)12-1-8(35)11(42-12)4-40-44(38,39)43-9-2-13(41-10(9)3-34)31-6-26-14-16(31)27-20(24)29-18(14)36/h6-13,34-35H,1-4H2,(H6-,24,25,27,28,29,30,36,37,38,39)/q-1/p+1. The predicted molar refractivity (Wildman–Crippen MR) is 145 cm³/mol. The van der Waals surface area contributed by atoms with Gasteiger partial charge in [-0.05, 0) is 0 Å². The van der Waals surface area contributed by atoms with E-state index in [2.05, 4.69) is 24.9 Å². The van der Waals surface area contributed by atoms with Gasteiger partial charge >= 0.3 is 7.82 Å². The third kappa shape index (κ3) is 5.46. The predicted octanol–water partition coefficient (Wildman–Crippen LogP) is -3.31. The Hall–Kier alpha value is -4.20. The van der Waals surface area contributed by atoms with Crippen LogP contribution in [-0.4, -0.2) is 94.2 Å². The van der Waals surface area contributed by atoms with Gasteiger partial charge in [0.05, 0.1) is 33.1 Å². The molecule has 2 radical (unpaired) electrons. The number of H-pyrrole nitrogens is 2. The fraction of sp³-hybridized carbons (Fsp3) is 0.476. The highest BCUT2D eigenvalue weighted by Crippen LogP contribution is 2.49. The van der Waals surface area contributed by atoms with Crippen molar-refractivity contribution in [3.63, 3.8) is 0 Å². The van der Waals surface area contributed by atoms with Gasteiger partial charge in [0.2, 0.25) is 23.6 Å². The summed E-state index contributed by atoms with van der Waals surface area (Å²) in [5.41, 5.74) is 10.3. The van der Waals surface area contributed by atoms with Crippen LogP contribution in [0.2, 0.25) is 0 Å². The molecule has 0 saturated carbocycles. The number of phosphoric acid groups is 1. The highest BCUT2D eigenvalue weighted by Gasteiger charge is 2.44. The number of aliphatic hydroxyl groups is 2. The summed E-state index contributed by atoms with van der Waals surface area (Å²) in [6.07, 6.45) is -3.70. The molecule has 2 aliphatic rings. The van der Waals surface area contributed by atoms with Gasteiger partial charge in [0.15, 0.2) is 17.5 Å². The SMILES string of the molecule is N#C[B-][n+]1cn(C2CC(O)C(COP(=O)(O)OC3CC(n4cnc5c(=O)[nH]c(N)nc54)OC3CO)O2)c2nc(N)[nH]c(=O)c21. The Morgan fingerprint density at radius 3 is 2.55 bits per heavy atom. The van der Waals surface area contributed by atoms with Crippen molar-refractivity contribution in [2.24, 2.45) is 0 Å². The van der Waals surface area contributed by atoms with Gasteiger partial charge in [-0.3, -0.25) is 38.4 Å². The van der Waals surface area contributed by atoms with Crippen LogP contribution in [0.3, 0.4) is 0 Å². The van der Waals surface area contributed by atoms with Crippen LogP contribution in [-0.2, 0) is 23.1 Å². The molecule has 0 aromatic carbocycles. The topological polar surface area (TPSA) is 309 Å². The molecule has 7 unspecified atom stereocenters. The minimum atomic E-state index is -4.81. The molecule has 2 fully saturated rings. The van der Waals surface area contributed by atoms with E-state index in [4.69, 9.17) is 35.3 Å². The fourth-order valence-electron chi connectivity index (χ4n) is 5.21. The molecule has 6 heterocycles. The number of nitrogens with zero attached hydrogens (tertiary/aromatic N) is 7. The first-order chi connectivity index (χ1) is 21.0. The number of aromatic nitrogens is 8. The second-order valence-corrected chi connectivity index (χ2v) is 11.4. The normalized spacial score (nSPS) is 26.8. The van der Waals surface area contributed by atoms with Crippen LogP contribution in [0.1, 0.15) is 25.3 Å². The van der Waals surface area contributed by atoms with Crippen LogP contribution in [0.5, 0.6) is 0 Å². The largest absolute Gasteiger partial charge is 0.472 e. The lowest BCUT2D eigenvalue weighted by molar-refractivity contribution is -0.499. The molecule has 0 spiro atoms. The van der Waals surface area contributed by atoms with E-state index in [-0.39, 0.29) is 47.1 Å². The van der Waals surface area contributed by atoms with Crippen LogP contribution >= 0.6 is 7.82 Å². The lowest BCUT2D eigenvalue weighted by atomic mass is 9.98. The molecule has 7 atom stereocenters. The van der Waals surface area contributed by atoms with E-state index in [0.29, 0.717) is 0 Å². The molecular formula is C21H25BN11O10P. The molecule has 2 aliphatic heterocycles. The number of aliphatic hydroxyl groups excluding tert-OH is 2. The number of aromatic amines is 2. The van der Waals surface area contributed by atoms with Crippen molar-refractivity contribution < 1.29 is 42.7 Å². The van der Waals surface area contributed by atoms with Gasteiger partial charge in [0, 0.05) is 12.8 Å². The number of anilines is 2. The molecule has 2 saturated heterocycles. The van der Waals surface area contributed by atoms with Crippen LogP contribution in [0.25, 0.3) is 22.3 Å². The summed E-state index contributed by atoms with van der Waals surface area (Å²) >= 11 is 0. The number of hydrogen-bond acceptors (Lipinski definition) is 15. The zero-order valence-corrected chi connectivity index (χ0v) is 23.4. The minimum absolute atomic E-state index is 0.00530. The van der Waals surface area contributed by atoms with Gasteiger partial charge in [0.25, 0.3) is 16.8 Å². The van der Waals surface area contributed by atoms with Crippen LogP contribution in [0.4, 0.5) is 11.9 Å². The highest BCUT2D eigenvalue weighted by atomic mass is 31.2. The monoisotopic (exact) mass is 633 g/mol. The van der Waals surface area contributed by atoms with Crippen LogP contribution < -0.4 is 27.1 Å². The molecule has 44 heavy (non-hydrogen) atoms. The summed E-state index contributed by atoms with van der Waals surface area (Å²) in [4.78, 5) is 51.9. The number of nitriles is 1. The van der Waals surface area contributed by atoms with E-state index in [1.165, 1.54) is 26.3 Å². The molecule has 23 heteroatoms. The van der Waals surface area contributed by atoms with E-state index >= 15 is 0 Å². The molecule has 0 amide bonds. The second kappa shape index (κ2) is 11.4. The van der Waals surface area contributed by atoms with Gasteiger partial charge in [-0.15, -0.1) is 0 Å². The molecule has 21 nitrogen and oxygen atoms in total. The van der Waals surface area contributed by atoms with Crippen molar-refractivity contribution in [3.05, 3.63) is 33.4 Å². The molecule has 4 aromatic rings. The van der Waals surface area contributed by atoms with Gasteiger partial charge in [0.1, 0.15) is 24.5 Å². The first kappa shape index (κ1) is 29.9. The Kier molecular flexibility index (Phi) is 7.72.